The zero-order valence-electron chi connectivity index (χ0n) is 12.8. The molecule has 116 valence electrons. The molecule has 0 spiro atoms. The van der Waals surface area contributed by atoms with Gasteiger partial charge in [-0.1, -0.05) is 19.1 Å². The molecule has 0 atom stereocenters. The monoisotopic (exact) mass is 309 g/mol. The van der Waals surface area contributed by atoms with Crippen molar-refractivity contribution in [3.05, 3.63) is 35.1 Å². The molecule has 3 nitrogen and oxygen atoms in total. The molecule has 1 aromatic carbocycles. The van der Waals surface area contributed by atoms with Gasteiger partial charge in [-0.15, -0.1) is 0 Å². The van der Waals surface area contributed by atoms with Gasteiger partial charge < -0.3 is 10.6 Å². The fourth-order valence-electron chi connectivity index (χ4n) is 2.98. The quantitative estimate of drug-likeness (QED) is 0.847. The van der Waals surface area contributed by atoms with E-state index in [0.29, 0.717) is 11.6 Å². The van der Waals surface area contributed by atoms with Crippen molar-refractivity contribution >= 4 is 17.2 Å². The van der Waals surface area contributed by atoms with E-state index in [2.05, 4.69) is 23.8 Å². The lowest BCUT2D eigenvalue weighted by molar-refractivity contribution is 0.127. The van der Waals surface area contributed by atoms with Crippen molar-refractivity contribution in [1.82, 2.24) is 9.80 Å². The summed E-state index contributed by atoms with van der Waals surface area (Å²) >= 11 is 4.94. The average Bonchev–Trinajstić information content (AvgIpc) is 2.46. The molecule has 1 fully saturated rings. The van der Waals surface area contributed by atoms with Crippen molar-refractivity contribution in [2.75, 3.05) is 26.7 Å². The Morgan fingerprint density at radius 3 is 2.62 bits per heavy atom. The van der Waals surface area contributed by atoms with Crippen LogP contribution in [0.15, 0.2) is 18.2 Å². The second kappa shape index (κ2) is 7.29. The average molecular weight is 309 g/mol. The van der Waals surface area contributed by atoms with Gasteiger partial charge in [-0.2, -0.15) is 0 Å². The normalized spacial score (nSPS) is 17.3. The van der Waals surface area contributed by atoms with Gasteiger partial charge >= 0.3 is 0 Å². The molecule has 2 rings (SSSR count). The molecule has 0 bridgehead atoms. The predicted octanol–water partition coefficient (Wildman–Crippen LogP) is 2.38. The molecule has 0 saturated carbocycles. The molecule has 1 saturated heterocycles. The molecule has 0 amide bonds. The van der Waals surface area contributed by atoms with Crippen LogP contribution in [0, 0.1) is 5.82 Å². The van der Waals surface area contributed by atoms with Gasteiger partial charge in [0.15, 0.2) is 0 Å². The number of thiocarbonyl (C=S) groups is 1. The summed E-state index contributed by atoms with van der Waals surface area (Å²) in [6, 6.07) is 5.41. The third kappa shape index (κ3) is 4.46. The largest absolute Gasteiger partial charge is 0.389 e. The van der Waals surface area contributed by atoms with Crippen LogP contribution in [-0.2, 0) is 6.54 Å². The van der Waals surface area contributed by atoms with Gasteiger partial charge in [0.25, 0.3) is 0 Å². The minimum Gasteiger partial charge on any atom is -0.389 e. The second-order valence-electron chi connectivity index (χ2n) is 5.79. The summed E-state index contributed by atoms with van der Waals surface area (Å²) in [5.74, 6) is -0.274. The lowest BCUT2D eigenvalue weighted by atomic mass is 10.0. The molecular formula is C16H24FN3S. The highest BCUT2D eigenvalue weighted by Gasteiger charge is 2.21. The van der Waals surface area contributed by atoms with Gasteiger partial charge in [-0.3, -0.25) is 4.90 Å². The summed E-state index contributed by atoms with van der Waals surface area (Å²) in [6.45, 7) is 6.34. The number of rotatable bonds is 5. The summed E-state index contributed by atoms with van der Waals surface area (Å²) in [6.07, 6.45) is 2.34. The van der Waals surface area contributed by atoms with Crippen molar-refractivity contribution < 1.29 is 4.39 Å². The number of likely N-dealkylation sites (tertiary alicyclic amines) is 1. The van der Waals surface area contributed by atoms with Gasteiger partial charge in [-0.05, 0) is 63.3 Å². The Balaban J connectivity index is 1.99. The summed E-state index contributed by atoms with van der Waals surface area (Å²) in [5, 5.41) is 0. The first-order valence-corrected chi connectivity index (χ1v) is 7.92. The van der Waals surface area contributed by atoms with Crippen molar-refractivity contribution in [2.24, 2.45) is 5.73 Å². The highest BCUT2D eigenvalue weighted by molar-refractivity contribution is 7.80. The first-order chi connectivity index (χ1) is 9.99. The Morgan fingerprint density at radius 2 is 2.05 bits per heavy atom. The van der Waals surface area contributed by atoms with E-state index in [0.717, 1.165) is 31.7 Å². The summed E-state index contributed by atoms with van der Waals surface area (Å²) in [4.78, 5) is 5.03. The lowest BCUT2D eigenvalue weighted by Crippen LogP contribution is -2.42. The number of hydrogen-bond acceptors (Lipinski definition) is 3. The Kier molecular flexibility index (Phi) is 5.67. The maximum absolute atomic E-state index is 13.6. The molecule has 5 heteroatoms. The number of benzene rings is 1. The lowest BCUT2D eigenvalue weighted by Gasteiger charge is -2.36. The number of nitrogens with two attached hydrogens (primary N) is 1. The summed E-state index contributed by atoms with van der Waals surface area (Å²) in [5.41, 5.74) is 7.14. The van der Waals surface area contributed by atoms with E-state index in [-0.39, 0.29) is 10.8 Å². The van der Waals surface area contributed by atoms with Crippen molar-refractivity contribution in [2.45, 2.75) is 32.4 Å². The maximum atomic E-state index is 13.6. The second-order valence-corrected chi connectivity index (χ2v) is 6.23. The molecule has 0 aromatic heterocycles. The van der Waals surface area contributed by atoms with Crippen molar-refractivity contribution in [1.29, 1.82) is 0 Å². The standard InChI is InChI=1S/C16H24FN3S/c1-3-20-6-4-15(5-7-20)19(2)11-12-8-13(16(18)21)10-14(17)9-12/h8-10,15H,3-7,11H2,1-2H3,(H2,18,21). The van der Waals surface area contributed by atoms with Gasteiger partial charge in [0, 0.05) is 18.2 Å². The minimum absolute atomic E-state index is 0.245. The zero-order chi connectivity index (χ0) is 15.4. The SMILES string of the molecule is CCN1CCC(N(C)Cc2cc(F)cc(C(N)=S)c2)CC1. The van der Waals surface area contributed by atoms with E-state index < -0.39 is 0 Å². The smallest absolute Gasteiger partial charge is 0.124 e. The highest BCUT2D eigenvalue weighted by atomic mass is 32.1. The predicted molar refractivity (Wildman–Crippen MR) is 88.9 cm³/mol. The first-order valence-electron chi connectivity index (χ1n) is 7.51. The number of nitrogens with zero attached hydrogens (tertiary/aromatic N) is 2. The van der Waals surface area contributed by atoms with Crippen LogP contribution in [0.25, 0.3) is 0 Å². The van der Waals surface area contributed by atoms with Gasteiger partial charge in [0.2, 0.25) is 0 Å². The summed E-state index contributed by atoms with van der Waals surface area (Å²) in [7, 11) is 2.11. The third-order valence-corrected chi connectivity index (χ3v) is 4.54. The van der Waals surface area contributed by atoms with Gasteiger partial charge in [0.1, 0.15) is 10.8 Å². The Labute approximate surface area is 131 Å². The molecular weight excluding hydrogens is 285 g/mol. The van der Waals surface area contributed by atoms with E-state index in [1.54, 1.807) is 6.07 Å². The van der Waals surface area contributed by atoms with Crippen LogP contribution >= 0.6 is 12.2 Å². The molecule has 0 unspecified atom stereocenters. The Hall–Kier alpha value is -1.04. The van der Waals surface area contributed by atoms with Gasteiger partial charge in [0.05, 0.1) is 0 Å². The van der Waals surface area contributed by atoms with Crippen LogP contribution in [0.3, 0.4) is 0 Å². The van der Waals surface area contributed by atoms with E-state index in [1.165, 1.54) is 18.9 Å². The van der Waals surface area contributed by atoms with Crippen molar-refractivity contribution in [3.63, 3.8) is 0 Å². The minimum atomic E-state index is -0.274. The molecule has 1 heterocycles. The Bertz CT molecular complexity index is 498. The number of hydrogen-bond donors (Lipinski definition) is 1. The van der Waals surface area contributed by atoms with Gasteiger partial charge in [-0.25, -0.2) is 4.39 Å². The third-order valence-electron chi connectivity index (χ3n) is 4.30. The van der Waals surface area contributed by atoms with Crippen LogP contribution < -0.4 is 5.73 Å². The van der Waals surface area contributed by atoms with Crippen LogP contribution in [0.1, 0.15) is 30.9 Å². The van der Waals surface area contributed by atoms with Crippen LogP contribution in [0.5, 0.6) is 0 Å². The van der Waals surface area contributed by atoms with Crippen LogP contribution in [0.2, 0.25) is 0 Å². The fourth-order valence-corrected chi connectivity index (χ4v) is 3.10. The Morgan fingerprint density at radius 1 is 1.38 bits per heavy atom. The highest BCUT2D eigenvalue weighted by Crippen LogP contribution is 2.18. The molecule has 0 radical (unpaired) electrons. The fraction of sp³-hybridized carbons (Fsp3) is 0.562. The van der Waals surface area contributed by atoms with Crippen molar-refractivity contribution in [3.8, 4) is 0 Å². The topological polar surface area (TPSA) is 32.5 Å². The number of piperidine rings is 1. The van der Waals surface area contributed by atoms with E-state index in [1.807, 2.05) is 6.07 Å². The maximum Gasteiger partial charge on any atom is 0.124 e. The molecule has 1 aliphatic rings. The first kappa shape index (κ1) is 16.3. The molecule has 1 aromatic rings. The zero-order valence-corrected chi connectivity index (χ0v) is 13.6. The molecule has 21 heavy (non-hydrogen) atoms. The number of halogens is 1. The van der Waals surface area contributed by atoms with Crippen LogP contribution in [-0.4, -0.2) is 47.5 Å². The summed E-state index contributed by atoms with van der Waals surface area (Å²) < 4.78 is 13.6. The van der Waals surface area contributed by atoms with Crippen LogP contribution in [0.4, 0.5) is 4.39 Å². The van der Waals surface area contributed by atoms with E-state index >= 15 is 0 Å². The van der Waals surface area contributed by atoms with E-state index in [4.69, 9.17) is 18.0 Å². The molecule has 1 aliphatic heterocycles. The van der Waals surface area contributed by atoms with E-state index in [9.17, 15) is 4.39 Å². The molecule has 0 aliphatic carbocycles. The molecule has 2 N–H and O–H groups in total.